The first-order valence-electron chi connectivity index (χ1n) is 7.71. The van der Waals surface area contributed by atoms with Crippen LogP contribution in [-0.2, 0) is 10.0 Å². The highest BCUT2D eigenvalue weighted by molar-refractivity contribution is 7.89. The zero-order valence-electron chi connectivity index (χ0n) is 13.6. The Morgan fingerprint density at radius 3 is 2.00 bits per heavy atom. The summed E-state index contributed by atoms with van der Waals surface area (Å²) < 4.78 is 35.8. The first kappa shape index (κ1) is 17.8. The fourth-order valence-corrected chi connectivity index (χ4v) is 2.85. The van der Waals surface area contributed by atoms with E-state index >= 15 is 0 Å². The lowest BCUT2D eigenvalue weighted by Crippen LogP contribution is -2.12. The number of nitrogens with zero attached hydrogens (tertiary/aromatic N) is 1. The standard InChI is InChI=1S/C19H16FN3O2S/c20-16-8-6-15(7-9-16)19(14-4-2-1-3-5-14)23-22-17-10-12-18(13-11-17)26(21,24)25/h1-13,22H,(H2,21,24,25)/b23-19-. The van der Waals surface area contributed by atoms with E-state index in [0.717, 1.165) is 11.1 Å². The van der Waals surface area contributed by atoms with E-state index in [9.17, 15) is 12.8 Å². The van der Waals surface area contributed by atoms with Gasteiger partial charge in [-0.1, -0.05) is 30.3 Å². The average Bonchev–Trinajstić information content (AvgIpc) is 2.64. The van der Waals surface area contributed by atoms with Crippen LogP contribution >= 0.6 is 0 Å². The van der Waals surface area contributed by atoms with Crippen LogP contribution < -0.4 is 10.6 Å². The molecule has 3 aromatic carbocycles. The molecule has 0 atom stereocenters. The van der Waals surface area contributed by atoms with Crippen molar-refractivity contribution in [1.82, 2.24) is 0 Å². The molecule has 132 valence electrons. The van der Waals surface area contributed by atoms with Crippen molar-refractivity contribution in [2.24, 2.45) is 10.2 Å². The molecule has 0 saturated heterocycles. The number of primary sulfonamides is 1. The van der Waals surface area contributed by atoms with Crippen molar-refractivity contribution in [3.63, 3.8) is 0 Å². The molecule has 0 fully saturated rings. The second-order valence-electron chi connectivity index (χ2n) is 5.51. The predicted octanol–water partition coefficient (Wildman–Crippen LogP) is 3.34. The van der Waals surface area contributed by atoms with E-state index in [1.807, 2.05) is 30.3 Å². The lowest BCUT2D eigenvalue weighted by Gasteiger charge is -2.09. The number of halogens is 1. The molecule has 0 aromatic heterocycles. The Morgan fingerprint density at radius 1 is 0.846 bits per heavy atom. The Hall–Kier alpha value is -3.03. The van der Waals surface area contributed by atoms with Crippen LogP contribution in [0.5, 0.6) is 0 Å². The van der Waals surface area contributed by atoms with Gasteiger partial charge in [-0.2, -0.15) is 5.10 Å². The zero-order chi connectivity index (χ0) is 18.6. The maximum absolute atomic E-state index is 13.2. The maximum atomic E-state index is 13.2. The first-order chi connectivity index (χ1) is 12.4. The van der Waals surface area contributed by atoms with Crippen LogP contribution in [0, 0.1) is 5.82 Å². The highest BCUT2D eigenvalue weighted by Crippen LogP contribution is 2.15. The maximum Gasteiger partial charge on any atom is 0.238 e. The third-order valence-electron chi connectivity index (χ3n) is 3.64. The topological polar surface area (TPSA) is 84.5 Å². The molecule has 26 heavy (non-hydrogen) atoms. The summed E-state index contributed by atoms with van der Waals surface area (Å²) in [5, 5.41) is 9.51. The number of nitrogens with two attached hydrogens (primary N) is 1. The summed E-state index contributed by atoms with van der Waals surface area (Å²) in [6.45, 7) is 0. The summed E-state index contributed by atoms with van der Waals surface area (Å²) in [4.78, 5) is 0.0221. The van der Waals surface area contributed by atoms with E-state index in [0.29, 0.717) is 11.4 Å². The normalized spacial score (nSPS) is 12.0. The number of sulfonamides is 1. The van der Waals surface area contributed by atoms with Gasteiger partial charge in [0.2, 0.25) is 10.0 Å². The molecule has 3 aromatic rings. The van der Waals surface area contributed by atoms with Crippen LogP contribution in [0.3, 0.4) is 0 Å². The van der Waals surface area contributed by atoms with Gasteiger partial charge in [-0.05, 0) is 48.5 Å². The minimum Gasteiger partial charge on any atom is -0.278 e. The Morgan fingerprint density at radius 2 is 1.42 bits per heavy atom. The van der Waals surface area contributed by atoms with Gasteiger partial charge in [0.1, 0.15) is 5.82 Å². The molecule has 0 heterocycles. The van der Waals surface area contributed by atoms with E-state index in [-0.39, 0.29) is 10.7 Å². The van der Waals surface area contributed by atoms with E-state index in [4.69, 9.17) is 5.14 Å². The zero-order valence-corrected chi connectivity index (χ0v) is 14.4. The second kappa shape index (κ2) is 7.47. The molecule has 3 N–H and O–H groups in total. The third-order valence-corrected chi connectivity index (χ3v) is 4.57. The Labute approximate surface area is 151 Å². The summed E-state index contributed by atoms with van der Waals surface area (Å²) in [7, 11) is -3.74. The van der Waals surface area contributed by atoms with Gasteiger partial charge < -0.3 is 0 Å². The molecule has 0 radical (unpaired) electrons. The molecule has 0 aliphatic carbocycles. The van der Waals surface area contributed by atoms with Gasteiger partial charge in [0, 0.05) is 11.1 Å². The average molecular weight is 369 g/mol. The fraction of sp³-hybridized carbons (Fsp3) is 0. The van der Waals surface area contributed by atoms with Crippen molar-refractivity contribution in [1.29, 1.82) is 0 Å². The summed E-state index contributed by atoms with van der Waals surface area (Å²) in [6, 6.07) is 21.4. The number of benzene rings is 3. The van der Waals surface area contributed by atoms with Gasteiger partial charge in [-0.15, -0.1) is 0 Å². The minimum absolute atomic E-state index is 0.0221. The molecule has 0 amide bonds. The van der Waals surface area contributed by atoms with Gasteiger partial charge in [-0.25, -0.2) is 17.9 Å². The van der Waals surface area contributed by atoms with E-state index in [2.05, 4.69) is 10.5 Å². The Kier molecular flexibility index (Phi) is 5.11. The van der Waals surface area contributed by atoms with E-state index < -0.39 is 10.0 Å². The van der Waals surface area contributed by atoms with Crippen LogP contribution in [-0.4, -0.2) is 14.1 Å². The van der Waals surface area contributed by atoms with E-state index in [1.165, 1.54) is 24.3 Å². The highest BCUT2D eigenvalue weighted by atomic mass is 32.2. The molecule has 0 aliphatic rings. The van der Waals surface area contributed by atoms with Crippen molar-refractivity contribution in [3.8, 4) is 0 Å². The van der Waals surface area contributed by atoms with Crippen molar-refractivity contribution >= 4 is 21.4 Å². The van der Waals surface area contributed by atoms with Gasteiger partial charge in [0.15, 0.2) is 0 Å². The predicted molar refractivity (Wildman–Crippen MR) is 99.9 cm³/mol. The third kappa shape index (κ3) is 4.33. The molecule has 0 spiro atoms. The van der Waals surface area contributed by atoms with Crippen molar-refractivity contribution in [3.05, 3.63) is 95.8 Å². The largest absolute Gasteiger partial charge is 0.278 e. The van der Waals surface area contributed by atoms with Crippen molar-refractivity contribution in [2.45, 2.75) is 4.90 Å². The van der Waals surface area contributed by atoms with Crippen molar-refractivity contribution in [2.75, 3.05) is 5.43 Å². The molecule has 3 rings (SSSR count). The Bertz CT molecular complexity index is 1020. The number of hydrogen-bond acceptors (Lipinski definition) is 4. The number of anilines is 1. The summed E-state index contributed by atoms with van der Waals surface area (Å²) >= 11 is 0. The van der Waals surface area contributed by atoms with Crippen LogP contribution in [0.2, 0.25) is 0 Å². The monoisotopic (exact) mass is 369 g/mol. The van der Waals surface area contributed by atoms with Crippen molar-refractivity contribution < 1.29 is 12.8 Å². The van der Waals surface area contributed by atoms with E-state index in [1.54, 1.807) is 24.3 Å². The molecule has 0 unspecified atom stereocenters. The van der Waals surface area contributed by atoms with Crippen LogP contribution in [0.4, 0.5) is 10.1 Å². The highest BCUT2D eigenvalue weighted by Gasteiger charge is 2.09. The number of nitrogens with one attached hydrogen (secondary N) is 1. The molecule has 5 nitrogen and oxygen atoms in total. The van der Waals surface area contributed by atoms with Gasteiger partial charge in [-0.3, -0.25) is 5.43 Å². The smallest absolute Gasteiger partial charge is 0.238 e. The molecule has 0 saturated carbocycles. The number of hydrogen-bond donors (Lipinski definition) is 2. The molecular weight excluding hydrogens is 353 g/mol. The molecule has 7 heteroatoms. The first-order valence-corrected chi connectivity index (χ1v) is 9.26. The van der Waals surface area contributed by atoms with Gasteiger partial charge >= 0.3 is 0 Å². The number of hydrazone groups is 1. The van der Waals surface area contributed by atoms with Crippen LogP contribution in [0.1, 0.15) is 11.1 Å². The van der Waals surface area contributed by atoms with Gasteiger partial charge in [0.05, 0.1) is 16.3 Å². The SMILES string of the molecule is NS(=O)(=O)c1ccc(N/N=C(/c2ccccc2)c2ccc(F)cc2)cc1. The number of rotatable bonds is 5. The molecule has 0 aliphatic heterocycles. The van der Waals surface area contributed by atoms with Crippen LogP contribution in [0.25, 0.3) is 0 Å². The summed E-state index contributed by atoms with van der Waals surface area (Å²) in [6.07, 6.45) is 0. The molecule has 0 bridgehead atoms. The minimum atomic E-state index is -3.74. The summed E-state index contributed by atoms with van der Waals surface area (Å²) in [5.41, 5.74) is 5.71. The van der Waals surface area contributed by atoms with Gasteiger partial charge in [0.25, 0.3) is 0 Å². The lowest BCUT2D eigenvalue weighted by atomic mass is 10.0. The fourth-order valence-electron chi connectivity index (χ4n) is 2.34. The van der Waals surface area contributed by atoms with Crippen LogP contribution in [0.15, 0.2) is 88.9 Å². The molecular formula is C19H16FN3O2S. The lowest BCUT2D eigenvalue weighted by molar-refractivity contribution is 0.598. The summed E-state index contributed by atoms with van der Waals surface area (Å²) in [5.74, 6) is -0.326. The Balaban J connectivity index is 1.93. The quantitative estimate of drug-likeness (QED) is 0.534. The second-order valence-corrected chi connectivity index (χ2v) is 7.08.